The number of sulfonamides is 1. The number of hydrogen-bond acceptors (Lipinski definition) is 5. The Labute approximate surface area is 121 Å². The zero-order valence-electron chi connectivity index (χ0n) is 11.5. The van der Waals surface area contributed by atoms with Crippen LogP contribution in [-0.2, 0) is 23.6 Å². The van der Waals surface area contributed by atoms with E-state index in [0.717, 1.165) is 17.3 Å². The highest BCUT2D eigenvalue weighted by Gasteiger charge is 2.18. The summed E-state index contributed by atoms with van der Waals surface area (Å²) in [5.41, 5.74) is 1.20. The third-order valence-corrected chi connectivity index (χ3v) is 4.31. The van der Waals surface area contributed by atoms with Gasteiger partial charge in [-0.05, 0) is 13.0 Å². The zero-order valence-corrected chi connectivity index (χ0v) is 12.3. The van der Waals surface area contributed by atoms with E-state index in [1.54, 1.807) is 24.9 Å². The van der Waals surface area contributed by atoms with Crippen molar-refractivity contribution in [2.75, 3.05) is 0 Å². The van der Waals surface area contributed by atoms with Crippen LogP contribution in [0.15, 0.2) is 35.4 Å². The lowest BCUT2D eigenvalue weighted by Crippen LogP contribution is -2.23. The summed E-state index contributed by atoms with van der Waals surface area (Å²) >= 11 is 0. The van der Waals surface area contributed by atoms with E-state index in [4.69, 9.17) is 0 Å². The van der Waals surface area contributed by atoms with Crippen molar-refractivity contribution in [3.8, 4) is 0 Å². The quantitative estimate of drug-likeness (QED) is 0.657. The van der Waals surface area contributed by atoms with Crippen LogP contribution in [0.4, 0.5) is 5.69 Å². The molecule has 0 fully saturated rings. The van der Waals surface area contributed by atoms with Gasteiger partial charge in [-0.1, -0.05) is 6.07 Å². The molecule has 0 aliphatic carbocycles. The number of nitro benzene ring substituents is 1. The number of nitro groups is 1. The first-order valence-corrected chi connectivity index (χ1v) is 7.51. The molecule has 8 nitrogen and oxygen atoms in total. The van der Waals surface area contributed by atoms with Crippen LogP contribution in [-0.4, -0.2) is 23.1 Å². The van der Waals surface area contributed by atoms with Gasteiger partial charge in [0, 0.05) is 37.5 Å². The Morgan fingerprint density at radius 2 is 2.14 bits per heavy atom. The molecule has 0 saturated heterocycles. The molecule has 2 aromatic rings. The van der Waals surface area contributed by atoms with Gasteiger partial charge in [0.1, 0.15) is 0 Å². The summed E-state index contributed by atoms with van der Waals surface area (Å²) in [6.45, 7) is 1.85. The van der Waals surface area contributed by atoms with Crippen LogP contribution in [0.5, 0.6) is 0 Å². The van der Waals surface area contributed by atoms with Crippen LogP contribution in [0, 0.1) is 17.0 Å². The molecule has 1 aromatic carbocycles. The molecule has 112 valence electrons. The maximum absolute atomic E-state index is 12.1. The van der Waals surface area contributed by atoms with Crippen molar-refractivity contribution in [3.05, 3.63) is 51.8 Å². The molecule has 0 saturated carbocycles. The van der Waals surface area contributed by atoms with Crippen molar-refractivity contribution < 1.29 is 13.3 Å². The molecular formula is C12H14N4O4S. The fourth-order valence-electron chi connectivity index (χ4n) is 1.84. The summed E-state index contributed by atoms with van der Waals surface area (Å²) < 4.78 is 28.3. The average molecular weight is 310 g/mol. The summed E-state index contributed by atoms with van der Waals surface area (Å²) in [6.07, 6.45) is 1.71. The monoisotopic (exact) mass is 310 g/mol. The standard InChI is InChI=1S/C12H14N4O4S/c1-9-10(8-15(2)14-9)7-13-21(19,20)12-5-3-4-11(6-12)16(17)18/h3-6,8,13H,7H2,1-2H3. The molecule has 0 radical (unpaired) electrons. The van der Waals surface area contributed by atoms with Crippen molar-refractivity contribution in [2.45, 2.75) is 18.4 Å². The number of benzene rings is 1. The molecule has 2 rings (SSSR count). The smallest absolute Gasteiger partial charge is 0.270 e. The van der Waals surface area contributed by atoms with Gasteiger partial charge in [-0.25, -0.2) is 13.1 Å². The molecule has 9 heteroatoms. The number of aryl methyl sites for hydroxylation is 2. The first kappa shape index (κ1) is 15.1. The Morgan fingerprint density at radius 3 is 2.71 bits per heavy atom. The average Bonchev–Trinajstić information content (AvgIpc) is 2.75. The molecule has 21 heavy (non-hydrogen) atoms. The van der Waals surface area contributed by atoms with E-state index in [1.165, 1.54) is 18.2 Å². The first-order chi connectivity index (χ1) is 9.79. The molecule has 0 atom stereocenters. The highest BCUT2D eigenvalue weighted by Crippen LogP contribution is 2.17. The van der Waals surface area contributed by atoms with E-state index in [0.29, 0.717) is 0 Å². The van der Waals surface area contributed by atoms with Crippen molar-refractivity contribution in [3.63, 3.8) is 0 Å². The maximum atomic E-state index is 12.1. The van der Waals surface area contributed by atoms with Gasteiger partial charge < -0.3 is 0 Å². The second-order valence-electron chi connectivity index (χ2n) is 4.49. The number of nitrogens with zero attached hydrogens (tertiary/aromatic N) is 3. The molecule has 0 aliphatic rings. The van der Waals surface area contributed by atoms with Crippen LogP contribution >= 0.6 is 0 Å². The second kappa shape index (κ2) is 5.62. The van der Waals surface area contributed by atoms with Crippen LogP contribution in [0.25, 0.3) is 0 Å². The van der Waals surface area contributed by atoms with Gasteiger partial charge in [0.25, 0.3) is 5.69 Å². The number of hydrogen-bond donors (Lipinski definition) is 1. The van der Waals surface area contributed by atoms with E-state index in [-0.39, 0.29) is 17.1 Å². The van der Waals surface area contributed by atoms with E-state index in [2.05, 4.69) is 9.82 Å². The molecule has 1 heterocycles. The van der Waals surface area contributed by atoms with Crippen LogP contribution in [0.1, 0.15) is 11.3 Å². The maximum Gasteiger partial charge on any atom is 0.270 e. The van der Waals surface area contributed by atoms with Crippen LogP contribution < -0.4 is 4.72 Å². The Balaban J connectivity index is 2.20. The molecule has 0 aliphatic heterocycles. The number of non-ortho nitro benzene ring substituents is 1. The SMILES string of the molecule is Cc1nn(C)cc1CNS(=O)(=O)c1cccc([N+](=O)[O-])c1. The normalized spacial score (nSPS) is 11.5. The molecule has 0 spiro atoms. The van der Waals surface area contributed by atoms with Crippen molar-refractivity contribution >= 4 is 15.7 Å². The van der Waals surface area contributed by atoms with Crippen LogP contribution in [0.3, 0.4) is 0 Å². The summed E-state index contributed by atoms with van der Waals surface area (Å²) in [6, 6.07) is 4.91. The van der Waals surface area contributed by atoms with E-state index in [9.17, 15) is 18.5 Å². The Hall–Kier alpha value is -2.26. The molecule has 0 amide bonds. The lowest BCUT2D eigenvalue weighted by atomic mass is 10.3. The lowest BCUT2D eigenvalue weighted by molar-refractivity contribution is -0.385. The van der Waals surface area contributed by atoms with Gasteiger partial charge in [0.2, 0.25) is 10.0 Å². The minimum Gasteiger partial charge on any atom is -0.275 e. The molecular weight excluding hydrogens is 296 g/mol. The fourth-order valence-corrected chi connectivity index (χ4v) is 2.89. The van der Waals surface area contributed by atoms with Gasteiger partial charge in [-0.3, -0.25) is 14.8 Å². The van der Waals surface area contributed by atoms with Gasteiger partial charge in [0.05, 0.1) is 15.5 Å². The molecule has 1 aromatic heterocycles. The van der Waals surface area contributed by atoms with Gasteiger partial charge >= 0.3 is 0 Å². The summed E-state index contributed by atoms with van der Waals surface area (Å²) in [7, 11) is -2.07. The minimum absolute atomic E-state index is 0.0741. The molecule has 0 bridgehead atoms. The summed E-state index contributed by atoms with van der Waals surface area (Å²) in [4.78, 5) is 9.91. The topological polar surface area (TPSA) is 107 Å². The highest BCUT2D eigenvalue weighted by atomic mass is 32.2. The van der Waals surface area contributed by atoms with Crippen molar-refractivity contribution in [2.24, 2.45) is 7.05 Å². The van der Waals surface area contributed by atoms with E-state index in [1.807, 2.05) is 0 Å². The first-order valence-electron chi connectivity index (χ1n) is 6.03. The largest absolute Gasteiger partial charge is 0.275 e. The van der Waals surface area contributed by atoms with Crippen molar-refractivity contribution in [1.82, 2.24) is 14.5 Å². The Kier molecular flexibility index (Phi) is 4.05. The Morgan fingerprint density at radius 1 is 1.43 bits per heavy atom. The molecule has 1 N–H and O–H groups in total. The summed E-state index contributed by atoms with van der Waals surface area (Å²) in [5.74, 6) is 0. The highest BCUT2D eigenvalue weighted by molar-refractivity contribution is 7.89. The van der Waals surface area contributed by atoms with Gasteiger partial charge in [-0.15, -0.1) is 0 Å². The van der Waals surface area contributed by atoms with Crippen molar-refractivity contribution in [1.29, 1.82) is 0 Å². The predicted molar refractivity (Wildman–Crippen MR) is 75.1 cm³/mol. The number of rotatable bonds is 5. The second-order valence-corrected chi connectivity index (χ2v) is 6.26. The summed E-state index contributed by atoms with van der Waals surface area (Å²) in [5, 5.41) is 14.8. The van der Waals surface area contributed by atoms with Crippen LogP contribution in [0.2, 0.25) is 0 Å². The zero-order chi connectivity index (χ0) is 15.6. The predicted octanol–water partition coefficient (Wildman–Crippen LogP) is 1.12. The van der Waals surface area contributed by atoms with E-state index >= 15 is 0 Å². The van der Waals surface area contributed by atoms with Gasteiger partial charge in [0.15, 0.2) is 0 Å². The van der Waals surface area contributed by atoms with E-state index < -0.39 is 14.9 Å². The minimum atomic E-state index is -3.81. The number of aromatic nitrogens is 2. The van der Waals surface area contributed by atoms with Gasteiger partial charge in [-0.2, -0.15) is 5.10 Å². The third kappa shape index (κ3) is 3.44. The third-order valence-electron chi connectivity index (χ3n) is 2.91. The Bertz CT molecular complexity index is 782. The number of nitrogens with one attached hydrogen (secondary N) is 1. The lowest BCUT2D eigenvalue weighted by Gasteiger charge is -2.06. The molecule has 0 unspecified atom stereocenters. The fraction of sp³-hybridized carbons (Fsp3) is 0.250.